The molecule has 0 aromatic carbocycles. The lowest BCUT2D eigenvalue weighted by Crippen LogP contribution is -2.38. The SMILES string of the molecule is Nc1ccc2n(N(CCO)CCO)cnn12. The lowest BCUT2D eigenvalue weighted by molar-refractivity contribution is 0.266. The van der Waals surface area contributed by atoms with Crippen molar-refractivity contribution in [1.82, 2.24) is 14.3 Å². The summed E-state index contributed by atoms with van der Waals surface area (Å²) in [5.74, 6) is 0.557. The summed E-state index contributed by atoms with van der Waals surface area (Å²) in [6.07, 6.45) is 1.61. The van der Waals surface area contributed by atoms with Gasteiger partial charge < -0.3 is 21.0 Å². The third-order valence-electron chi connectivity index (χ3n) is 2.40. The van der Waals surface area contributed by atoms with Crippen LogP contribution in [0.3, 0.4) is 0 Å². The van der Waals surface area contributed by atoms with Crippen molar-refractivity contribution in [2.45, 2.75) is 0 Å². The molecule has 0 aliphatic heterocycles. The van der Waals surface area contributed by atoms with Crippen LogP contribution in [0.15, 0.2) is 18.5 Å². The molecule has 2 aromatic rings. The monoisotopic (exact) mass is 225 g/mol. The Morgan fingerprint density at radius 2 is 1.94 bits per heavy atom. The molecule has 7 heteroatoms. The molecule has 0 saturated heterocycles. The number of nitrogens with two attached hydrogens (primary N) is 1. The van der Waals surface area contributed by atoms with Gasteiger partial charge in [0.1, 0.15) is 12.1 Å². The maximum absolute atomic E-state index is 8.95. The zero-order valence-corrected chi connectivity index (χ0v) is 8.82. The molecule has 0 spiro atoms. The highest BCUT2D eigenvalue weighted by atomic mass is 16.3. The van der Waals surface area contributed by atoms with Crippen molar-refractivity contribution in [2.75, 3.05) is 37.0 Å². The Hall–Kier alpha value is -1.73. The highest BCUT2D eigenvalue weighted by molar-refractivity contribution is 5.50. The van der Waals surface area contributed by atoms with Gasteiger partial charge in [0, 0.05) is 0 Å². The van der Waals surface area contributed by atoms with Crippen molar-refractivity contribution in [3.63, 3.8) is 0 Å². The highest BCUT2D eigenvalue weighted by Gasteiger charge is 2.10. The zero-order valence-electron chi connectivity index (χ0n) is 8.82. The van der Waals surface area contributed by atoms with Crippen molar-refractivity contribution >= 4 is 11.5 Å². The van der Waals surface area contributed by atoms with Crippen LogP contribution >= 0.6 is 0 Å². The third kappa shape index (κ3) is 1.70. The molecule has 2 rings (SSSR count). The number of nitrogens with zero attached hydrogens (tertiary/aromatic N) is 4. The highest BCUT2D eigenvalue weighted by Crippen LogP contribution is 2.10. The van der Waals surface area contributed by atoms with Gasteiger partial charge in [-0.2, -0.15) is 9.61 Å². The first-order chi connectivity index (χ1) is 7.77. The summed E-state index contributed by atoms with van der Waals surface area (Å²) in [7, 11) is 0. The van der Waals surface area contributed by atoms with Crippen LogP contribution in [0.1, 0.15) is 0 Å². The van der Waals surface area contributed by atoms with Gasteiger partial charge in [-0.1, -0.05) is 0 Å². The number of fused-ring (bicyclic) bond motifs is 1. The number of hydrogen-bond acceptors (Lipinski definition) is 5. The lowest BCUT2D eigenvalue weighted by atomic mass is 10.5. The lowest BCUT2D eigenvalue weighted by Gasteiger charge is -2.23. The van der Waals surface area contributed by atoms with E-state index in [4.69, 9.17) is 15.9 Å². The second-order valence-corrected chi connectivity index (χ2v) is 3.40. The summed E-state index contributed by atoms with van der Waals surface area (Å²) in [5.41, 5.74) is 6.51. The predicted molar refractivity (Wildman–Crippen MR) is 59.7 cm³/mol. The first kappa shape index (κ1) is 10.8. The van der Waals surface area contributed by atoms with Crippen LogP contribution < -0.4 is 10.7 Å². The normalized spacial score (nSPS) is 11.1. The van der Waals surface area contributed by atoms with E-state index in [1.165, 1.54) is 0 Å². The molecule has 4 N–H and O–H groups in total. The van der Waals surface area contributed by atoms with Crippen LogP contribution in [0.25, 0.3) is 5.65 Å². The molecular weight excluding hydrogens is 210 g/mol. The van der Waals surface area contributed by atoms with E-state index in [2.05, 4.69) is 5.10 Å². The summed E-state index contributed by atoms with van der Waals surface area (Å²) in [6.45, 7) is 0.885. The Bertz CT molecular complexity index is 457. The number of aliphatic hydroxyl groups excluding tert-OH is 2. The van der Waals surface area contributed by atoms with Crippen LogP contribution in [0.4, 0.5) is 5.82 Å². The van der Waals surface area contributed by atoms with Crippen molar-refractivity contribution < 1.29 is 10.2 Å². The van der Waals surface area contributed by atoms with Gasteiger partial charge in [-0.15, -0.1) is 0 Å². The Morgan fingerprint density at radius 3 is 2.56 bits per heavy atom. The summed E-state index contributed by atoms with van der Waals surface area (Å²) in [5, 5.41) is 23.8. The summed E-state index contributed by atoms with van der Waals surface area (Å²) in [4.78, 5) is 0. The number of aromatic nitrogens is 3. The average Bonchev–Trinajstić information content (AvgIpc) is 2.82. The molecule has 0 saturated carbocycles. The minimum absolute atomic E-state index is 0.0144. The molecule has 88 valence electrons. The minimum Gasteiger partial charge on any atom is -0.394 e. The first-order valence-electron chi connectivity index (χ1n) is 5.05. The Kier molecular flexibility index (Phi) is 2.97. The smallest absolute Gasteiger partial charge is 0.156 e. The van der Waals surface area contributed by atoms with Crippen molar-refractivity contribution in [3.05, 3.63) is 18.5 Å². The second-order valence-electron chi connectivity index (χ2n) is 3.40. The van der Waals surface area contributed by atoms with E-state index < -0.39 is 0 Å². The predicted octanol–water partition coefficient (Wildman–Crippen LogP) is -1.36. The average molecular weight is 225 g/mol. The largest absolute Gasteiger partial charge is 0.394 e. The number of hydrogen-bond donors (Lipinski definition) is 3. The molecule has 0 fully saturated rings. The zero-order chi connectivity index (χ0) is 11.5. The Balaban J connectivity index is 2.35. The van der Waals surface area contributed by atoms with Gasteiger partial charge in [0.25, 0.3) is 0 Å². The van der Waals surface area contributed by atoms with E-state index in [1.807, 2.05) is 6.07 Å². The summed E-state index contributed by atoms with van der Waals surface area (Å²) >= 11 is 0. The molecule has 7 nitrogen and oxygen atoms in total. The minimum atomic E-state index is 0.0144. The molecule has 0 radical (unpaired) electrons. The van der Waals surface area contributed by atoms with Gasteiger partial charge in [0.2, 0.25) is 0 Å². The van der Waals surface area contributed by atoms with Gasteiger partial charge in [-0.05, 0) is 12.1 Å². The van der Waals surface area contributed by atoms with Gasteiger partial charge in [-0.3, -0.25) is 0 Å². The Labute approximate surface area is 92.3 Å². The van der Waals surface area contributed by atoms with Crippen molar-refractivity contribution in [1.29, 1.82) is 0 Å². The molecule has 0 unspecified atom stereocenters. The molecule has 0 bridgehead atoms. The third-order valence-corrected chi connectivity index (χ3v) is 2.40. The molecule has 2 aromatic heterocycles. The fourth-order valence-corrected chi connectivity index (χ4v) is 1.67. The van der Waals surface area contributed by atoms with E-state index in [9.17, 15) is 0 Å². The quantitative estimate of drug-likeness (QED) is 0.584. The van der Waals surface area contributed by atoms with Crippen LogP contribution in [0.5, 0.6) is 0 Å². The topological polar surface area (TPSA) is 92.0 Å². The summed E-state index contributed by atoms with van der Waals surface area (Å²) < 4.78 is 3.37. The molecule has 2 heterocycles. The van der Waals surface area contributed by atoms with Crippen molar-refractivity contribution in [3.8, 4) is 0 Å². The van der Waals surface area contributed by atoms with Crippen LogP contribution in [0, 0.1) is 0 Å². The van der Waals surface area contributed by atoms with Crippen LogP contribution in [-0.4, -0.2) is 50.8 Å². The number of anilines is 1. The first-order valence-corrected chi connectivity index (χ1v) is 5.05. The van der Waals surface area contributed by atoms with E-state index in [-0.39, 0.29) is 13.2 Å². The maximum atomic E-state index is 8.95. The number of nitrogen functional groups attached to an aromatic ring is 1. The Morgan fingerprint density at radius 1 is 1.25 bits per heavy atom. The fraction of sp³-hybridized carbons (Fsp3) is 0.444. The van der Waals surface area contributed by atoms with Gasteiger partial charge >= 0.3 is 0 Å². The van der Waals surface area contributed by atoms with Crippen molar-refractivity contribution in [2.24, 2.45) is 0 Å². The standard InChI is InChI=1S/C9H15N5O2/c10-8-1-2-9-13(7-11-14(8)9)12(3-5-15)4-6-16/h1-2,7,15-16H,3-6,10H2. The number of aliphatic hydroxyl groups is 2. The van der Waals surface area contributed by atoms with E-state index >= 15 is 0 Å². The fourth-order valence-electron chi connectivity index (χ4n) is 1.67. The van der Waals surface area contributed by atoms with E-state index in [0.717, 1.165) is 5.65 Å². The van der Waals surface area contributed by atoms with Crippen LogP contribution in [0.2, 0.25) is 0 Å². The van der Waals surface area contributed by atoms with Gasteiger partial charge in [0.15, 0.2) is 5.65 Å². The second kappa shape index (κ2) is 4.42. The number of rotatable bonds is 5. The molecule has 16 heavy (non-hydrogen) atoms. The maximum Gasteiger partial charge on any atom is 0.156 e. The van der Waals surface area contributed by atoms with Gasteiger partial charge in [-0.25, -0.2) is 4.68 Å². The summed E-state index contributed by atoms with van der Waals surface area (Å²) in [6, 6.07) is 3.60. The molecule has 0 aliphatic rings. The molecule has 0 amide bonds. The van der Waals surface area contributed by atoms with Gasteiger partial charge in [0.05, 0.1) is 26.3 Å². The molecular formula is C9H15N5O2. The molecule has 0 atom stereocenters. The van der Waals surface area contributed by atoms with E-state index in [0.29, 0.717) is 18.9 Å². The molecule has 0 aliphatic carbocycles. The van der Waals surface area contributed by atoms with E-state index in [1.54, 1.807) is 26.6 Å². The van der Waals surface area contributed by atoms with Crippen LogP contribution in [-0.2, 0) is 0 Å².